The van der Waals surface area contributed by atoms with Crippen LogP contribution in [0, 0.1) is 13.8 Å². The number of hydrogen-bond donors (Lipinski definition) is 3. The molecular weight excluding hydrogens is 268 g/mol. The Hall–Kier alpha value is -2.14. The van der Waals surface area contributed by atoms with E-state index < -0.39 is 0 Å². The molecule has 0 aliphatic rings. The molecule has 0 aliphatic carbocycles. The molecule has 2 aromatic rings. The second kappa shape index (κ2) is 6.34. The highest BCUT2D eigenvalue weighted by atomic mass is 32.1. The molecule has 0 atom stereocenters. The lowest BCUT2D eigenvalue weighted by atomic mass is 10.1. The highest BCUT2D eigenvalue weighted by Crippen LogP contribution is 2.15. The van der Waals surface area contributed by atoms with Crippen LogP contribution in [0.1, 0.15) is 23.7 Å². The van der Waals surface area contributed by atoms with Gasteiger partial charge in [-0.3, -0.25) is 5.43 Å². The van der Waals surface area contributed by atoms with Gasteiger partial charge in [-0.05, 0) is 56.8 Å². The molecule has 1 aromatic carbocycles. The molecule has 0 radical (unpaired) electrons. The molecule has 2 rings (SSSR count). The topological polar surface area (TPSA) is 52.2 Å². The van der Waals surface area contributed by atoms with Crippen molar-refractivity contribution in [3.05, 3.63) is 53.3 Å². The summed E-state index contributed by atoms with van der Waals surface area (Å²) in [5.41, 5.74) is 8.03. The van der Waals surface area contributed by atoms with Crippen LogP contribution in [0.5, 0.6) is 0 Å². The van der Waals surface area contributed by atoms with Crippen molar-refractivity contribution in [3.8, 4) is 0 Å². The molecule has 0 bridgehead atoms. The minimum absolute atomic E-state index is 0.475. The Labute approximate surface area is 124 Å². The summed E-state index contributed by atoms with van der Waals surface area (Å²) in [4.78, 5) is 3.09. The predicted molar refractivity (Wildman–Crippen MR) is 88.3 cm³/mol. The van der Waals surface area contributed by atoms with Crippen LogP contribution < -0.4 is 10.7 Å². The zero-order valence-corrected chi connectivity index (χ0v) is 12.6. The van der Waals surface area contributed by atoms with Gasteiger partial charge >= 0.3 is 0 Å². The minimum Gasteiger partial charge on any atom is -0.360 e. The molecule has 0 unspecified atom stereocenters. The Balaban J connectivity index is 1.97. The average molecular weight is 286 g/mol. The van der Waals surface area contributed by atoms with E-state index in [4.69, 9.17) is 12.2 Å². The molecule has 0 spiro atoms. The molecule has 0 saturated carbocycles. The number of H-pyrrole nitrogens is 1. The van der Waals surface area contributed by atoms with Gasteiger partial charge in [0.2, 0.25) is 0 Å². The monoisotopic (exact) mass is 286 g/mol. The van der Waals surface area contributed by atoms with Gasteiger partial charge in [0, 0.05) is 11.9 Å². The minimum atomic E-state index is 0.475. The number of rotatable bonds is 3. The van der Waals surface area contributed by atoms with E-state index in [1.165, 1.54) is 5.56 Å². The van der Waals surface area contributed by atoms with Crippen LogP contribution >= 0.6 is 12.2 Å². The van der Waals surface area contributed by atoms with E-state index in [-0.39, 0.29) is 0 Å². The van der Waals surface area contributed by atoms with E-state index in [0.29, 0.717) is 5.11 Å². The third kappa shape index (κ3) is 3.68. The molecule has 0 saturated heterocycles. The summed E-state index contributed by atoms with van der Waals surface area (Å²) >= 11 is 5.24. The third-order valence-electron chi connectivity index (χ3n) is 2.94. The van der Waals surface area contributed by atoms with Crippen LogP contribution in [0.2, 0.25) is 0 Å². The Bertz CT molecular complexity index is 629. The zero-order chi connectivity index (χ0) is 14.5. The number of aromatic amines is 1. The molecule has 1 heterocycles. The number of aryl methyl sites for hydroxylation is 2. The van der Waals surface area contributed by atoms with E-state index in [1.807, 2.05) is 44.3 Å². The fourth-order valence-corrected chi connectivity index (χ4v) is 2.01. The maximum Gasteiger partial charge on any atom is 0.191 e. The van der Waals surface area contributed by atoms with Crippen molar-refractivity contribution in [3.63, 3.8) is 0 Å². The normalized spacial score (nSPS) is 11.2. The highest BCUT2D eigenvalue weighted by Gasteiger charge is 2.01. The first kappa shape index (κ1) is 14.3. The van der Waals surface area contributed by atoms with Gasteiger partial charge in [0.1, 0.15) is 0 Å². The van der Waals surface area contributed by atoms with Gasteiger partial charge in [0.15, 0.2) is 5.11 Å². The van der Waals surface area contributed by atoms with Crippen LogP contribution in [0.3, 0.4) is 0 Å². The molecular formula is C15H18N4S. The highest BCUT2D eigenvalue weighted by molar-refractivity contribution is 7.80. The van der Waals surface area contributed by atoms with E-state index in [2.05, 4.69) is 33.8 Å². The van der Waals surface area contributed by atoms with Crippen LogP contribution in [-0.4, -0.2) is 15.8 Å². The van der Waals surface area contributed by atoms with Crippen molar-refractivity contribution in [2.45, 2.75) is 20.8 Å². The first-order valence-corrected chi connectivity index (χ1v) is 6.79. The summed E-state index contributed by atoms with van der Waals surface area (Å²) in [6.45, 7) is 6.03. The smallest absolute Gasteiger partial charge is 0.191 e. The van der Waals surface area contributed by atoms with Gasteiger partial charge in [0.05, 0.1) is 11.4 Å². The van der Waals surface area contributed by atoms with E-state index in [0.717, 1.165) is 22.7 Å². The molecule has 5 heteroatoms. The van der Waals surface area contributed by atoms with Gasteiger partial charge in [-0.25, -0.2) is 0 Å². The van der Waals surface area contributed by atoms with Gasteiger partial charge in [0.25, 0.3) is 0 Å². The molecule has 104 valence electrons. The zero-order valence-electron chi connectivity index (χ0n) is 11.8. The van der Waals surface area contributed by atoms with Crippen molar-refractivity contribution in [2.24, 2.45) is 5.10 Å². The maximum absolute atomic E-state index is 5.24. The molecule has 0 aliphatic heterocycles. The summed E-state index contributed by atoms with van der Waals surface area (Å²) in [7, 11) is 0. The lowest BCUT2D eigenvalue weighted by Crippen LogP contribution is -2.25. The average Bonchev–Trinajstić information content (AvgIpc) is 2.93. The van der Waals surface area contributed by atoms with Gasteiger partial charge in [-0.2, -0.15) is 5.10 Å². The SMILES string of the molecule is C/C(=N\NC(=S)Nc1ccc(C)cc1C)c1ccc[nH]1. The van der Waals surface area contributed by atoms with E-state index >= 15 is 0 Å². The lowest BCUT2D eigenvalue weighted by molar-refractivity contribution is 1.03. The van der Waals surface area contributed by atoms with E-state index in [9.17, 15) is 0 Å². The Morgan fingerprint density at radius 3 is 2.70 bits per heavy atom. The maximum atomic E-state index is 5.24. The number of hydrogen-bond acceptors (Lipinski definition) is 2. The quantitative estimate of drug-likeness (QED) is 0.461. The number of hydrazone groups is 1. The largest absolute Gasteiger partial charge is 0.360 e. The first-order chi connectivity index (χ1) is 9.56. The summed E-state index contributed by atoms with van der Waals surface area (Å²) in [6, 6.07) is 10.1. The number of nitrogens with one attached hydrogen (secondary N) is 3. The van der Waals surface area contributed by atoms with Crippen molar-refractivity contribution in [2.75, 3.05) is 5.32 Å². The summed E-state index contributed by atoms with van der Waals surface area (Å²) in [6.07, 6.45) is 1.86. The van der Waals surface area contributed by atoms with E-state index in [1.54, 1.807) is 0 Å². The summed E-state index contributed by atoms with van der Waals surface area (Å²) < 4.78 is 0. The predicted octanol–water partition coefficient (Wildman–Crippen LogP) is 3.34. The first-order valence-electron chi connectivity index (χ1n) is 6.38. The Kier molecular flexibility index (Phi) is 4.53. The number of aromatic nitrogens is 1. The second-order valence-corrected chi connectivity index (χ2v) is 5.07. The molecule has 3 N–H and O–H groups in total. The van der Waals surface area contributed by atoms with Crippen molar-refractivity contribution >= 4 is 28.7 Å². The second-order valence-electron chi connectivity index (χ2n) is 4.67. The van der Waals surface area contributed by atoms with Crippen molar-refractivity contribution < 1.29 is 0 Å². The van der Waals surface area contributed by atoms with Crippen LogP contribution in [0.4, 0.5) is 5.69 Å². The molecule has 4 nitrogen and oxygen atoms in total. The molecule has 20 heavy (non-hydrogen) atoms. The van der Waals surface area contributed by atoms with Gasteiger partial charge < -0.3 is 10.3 Å². The fraction of sp³-hybridized carbons (Fsp3) is 0.200. The van der Waals surface area contributed by atoms with Crippen LogP contribution in [0.25, 0.3) is 0 Å². The molecule has 0 amide bonds. The van der Waals surface area contributed by atoms with Crippen molar-refractivity contribution in [1.82, 2.24) is 10.4 Å². The lowest BCUT2D eigenvalue weighted by Gasteiger charge is -2.11. The number of anilines is 1. The van der Waals surface area contributed by atoms with Crippen LogP contribution in [-0.2, 0) is 0 Å². The fourth-order valence-electron chi connectivity index (χ4n) is 1.85. The van der Waals surface area contributed by atoms with Gasteiger partial charge in [-0.15, -0.1) is 0 Å². The Morgan fingerprint density at radius 1 is 1.25 bits per heavy atom. The number of nitrogens with zero attached hydrogens (tertiary/aromatic N) is 1. The van der Waals surface area contributed by atoms with Gasteiger partial charge in [-0.1, -0.05) is 17.7 Å². The Morgan fingerprint density at radius 2 is 2.05 bits per heavy atom. The number of benzene rings is 1. The molecule has 0 fully saturated rings. The summed E-state index contributed by atoms with van der Waals surface area (Å²) in [5, 5.41) is 7.86. The molecule has 1 aromatic heterocycles. The standard InChI is InChI=1S/C15H18N4S/c1-10-6-7-13(11(2)9-10)17-15(20)19-18-12(3)14-5-4-8-16-14/h4-9,16H,1-3H3,(H2,17,19,20)/b18-12+. The number of thiocarbonyl (C=S) groups is 1. The summed E-state index contributed by atoms with van der Waals surface area (Å²) in [5.74, 6) is 0. The van der Waals surface area contributed by atoms with Crippen LogP contribution in [0.15, 0.2) is 41.6 Å². The van der Waals surface area contributed by atoms with Crippen molar-refractivity contribution in [1.29, 1.82) is 0 Å². The third-order valence-corrected chi connectivity index (χ3v) is 3.14.